The molecule has 0 atom stereocenters. The Labute approximate surface area is 163 Å². The van der Waals surface area contributed by atoms with E-state index in [9.17, 15) is 4.79 Å². The molecule has 2 aromatic carbocycles. The number of benzene rings is 2. The van der Waals surface area contributed by atoms with Crippen LogP contribution in [0, 0.1) is 0 Å². The molecule has 0 aliphatic carbocycles. The van der Waals surface area contributed by atoms with Crippen molar-refractivity contribution in [2.75, 3.05) is 10.6 Å². The van der Waals surface area contributed by atoms with Gasteiger partial charge < -0.3 is 10.6 Å². The Bertz CT molecular complexity index is 1130. The Hall–Kier alpha value is -3.73. The maximum absolute atomic E-state index is 12.8. The van der Waals surface area contributed by atoms with Gasteiger partial charge in [0, 0.05) is 29.0 Å². The number of nitrogens with zero attached hydrogens (tertiary/aromatic N) is 2. The first-order valence-corrected chi connectivity index (χ1v) is 9.20. The third-order valence-electron chi connectivity index (χ3n) is 4.56. The number of para-hydroxylation sites is 2. The summed E-state index contributed by atoms with van der Waals surface area (Å²) >= 11 is 0. The molecule has 138 valence electrons. The lowest BCUT2D eigenvalue weighted by Crippen LogP contribution is -2.13. The zero-order valence-corrected chi connectivity index (χ0v) is 15.5. The lowest BCUT2D eigenvalue weighted by atomic mass is 10.1. The number of nitrogens with one attached hydrogen (secondary N) is 2. The first kappa shape index (κ1) is 17.7. The largest absolute Gasteiger partial charge is 0.340 e. The standard InChI is InChI=1S/C23H20N4O/c1-2-16-7-3-4-10-19(16)26-21-15-18(12-14-24-21)23(28)27-20-11-5-8-17-9-6-13-25-22(17)20/h3-15H,2H2,1H3,(H,24,26)(H,27,28). The molecule has 0 saturated heterocycles. The van der Waals surface area contributed by atoms with E-state index in [1.54, 1.807) is 24.5 Å². The van der Waals surface area contributed by atoms with Gasteiger partial charge in [0.25, 0.3) is 5.91 Å². The minimum atomic E-state index is -0.202. The van der Waals surface area contributed by atoms with E-state index in [-0.39, 0.29) is 5.91 Å². The summed E-state index contributed by atoms with van der Waals surface area (Å²) in [6, 6.07) is 21.1. The van der Waals surface area contributed by atoms with Crippen LogP contribution in [0.5, 0.6) is 0 Å². The van der Waals surface area contributed by atoms with Crippen molar-refractivity contribution in [1.29, 1.82) is 0 Å². The molecule has 2 heterocycles. The number of rotatable bonds is 5. The number of pyridine rings is 2. The summed E-state index contributed by atoms with van der Waals surface area (Å²) < 4.78 is 0. The van der Waals surface area contributed by atoms with Crippen molar-refractivity contribution in [3.05, 3.63) is 90.3 Å². The molecular weight excluding hydrogens is 348 g/mol. The second kappa shape index (κ2) is 7.88. The van der Waals surface area contributed by atoms with Crippen LogP contribution in [0.15, 0.2) is 79.1 Å². The van der Waals surface area contributed by atoms with Gasteiger partial charge in [0.1, 0.15) is 5.82 Å². The van der Waals surface area contributed by atoms with Gasteiger partial charge in [-0.3, -0.25) is 9.78 Å². The van der Waals surface area contributed by atoms with Gasteiger partial charge in [-0.2, -0.15) is 0 Å². The lowest BCUT2D eigenvalue weighted by Gasteiger charge is -2.11. The van der Waals surface area contributed by atoms with Gasteiger partial charge in [0.2, 0.25) is 0 Å². The second-order valence-corrected chi connectivity index (χ2v) is 6.40. The highest BCUT2D eigenvalue weighted by Crippen LogP contribution is 2.23. The topological polar surface area (TPSA) is 66.9 Å². The normalized spacial score (nSPS) is 10.6. The second-order valence-electron chi connectivity index (χ2n) is 6.40. The molecular formula is C23H20N4O. The smallest absolute Gasteiger partial charge is 0.255 e. The fourth-order valence-corrected chi connectivity index (χ4v) is 3.13. The van der Waals surface area contributed by atoms with Crippen LogP contribution >= 0.6 is 0 Å². The van der Waals surface area contributed by atoms with Crippen LogP contribution in [-0.4, -0.2) is 15.9 Å². The Morgan fingerprint density at radius 1 is 0.893 bits per heavy atom. The first-order valence-electron chi connectivity index (χ1n) is 9.20. The fraction of sp³-hybridized carbons (Fsp3) is 0.0870. The number of aryl methyl sites for hydroxylation is 1. The van der Waals surface area contributed by atoms with E-state index in [2.05, 4.69) is 33.6 Å². The van der Waals surface area contributed by atoms with Crippen molar-refractivity contribution in [2.24, 2.45) is 0 Å². The molecule has 2 aromatic heterocycles. The van der Waals surface area contributed by atoms with Gasteiger partial charge in [0.05, 0.1) is 11.2 Å². The molecule has 2 N–H and O–H groups in total. The predicted octanol–water partition coefficient (Wildman–Crippen LogP) is 5.19. The zero-order chi connectivity index (χ0) is 19.3. The number of carbonyl (C=O) groups excluding carboxylic acids is 1. The summed E-state index contributed by atoms with van der Waals surface area (Å²) in [5.41, 5.74) is 4.17. The van der Waals surface area contributed by atoms with Crippen molar-refractivity contribution in [1.82, 2.24) is 9.97 Å². The number of aromatic nitrogens is 2. The Kier molecular flexibility index (Phi) is 4.97. The number of hydrogen-bond donors (Lipinski definition) is 2. The summed E-state index contributed by atoms with van der Waals surface area (Å²) in [4.78, 5) is 21.5. The van der Waals surface area contributed by atoms with Gasteiger partial charge >= 0.3 is 0 Å². The van der Waals surface area contributed by atoms with E-state index < -0.39 is 0 Å². The SMILES string of the molecule is CCc1ccccc1Nc1cc(C(=O)Nc2cccc3cccnc23)ccn1. The Morgan fingerprint density at radius 3 is 2.61 bits per heavy atom. The van der Waals surface area contributed by atoms with Crippen molar-refractivity contribution in [3.8, 4) is 0 Å². The Balaban J connectivity index is 1.58. The highest BCUT2D eigenvalue weighted by Gasteiger charge is 2.11. The summed E-state index contributed by atoms with van der Waals surface area (Å²) in [6.45, 7) is 2.11. The molecule has 0 aliphatic heterocycles. The quantitative estimate of drug-likeness (QED) is 0.509. The average Bonchev–Trinajstić information content (AvgIpc) is 2.74. The average molecular weight is 368 g/mol. The third kappa shape index (κ3) is 3.69. The fourth-order valence-electron chi connectivity index (χ4n) is 3.13. The summed E-state index contributed by atoms with van der Waals surface area (Å²) in [5, 5.41) is 7.25. The van der Waals surface area contributed by atoms with E-state index in [1.165, 1.54) is 5.56 Å². The molecule has 0 saturated carbocycles. The maximum atomic E-state index is 12.8. The summed E-state index contributed by atoms with van der Waals surface area (Å²) in [6.07, 6.45) is 4.27. The molecule has 4 rings (SSSR count). The minimum Gasteiger partial charge on any atom is -0.340 e. The van der Waals surface area contributed by atoms with E-state index in [0.29, 0.717) is 17.1 Å². The first-order chi connectivity index (χ1) is 13.7. The van der Waals surface area contributed by atoms with E-state index in [1.807, 2.05) is 48.5 Å². The molecule has 1 amide bonds. The van der Waals surface area contributed by atoms with E-state index in [4.69, 9.17) is 0 Å². The molecule has 0 radical (unpaired) electrons. The zero-order valence-electron chi connectivity index (χ0n) is 15.5. The molecule has 0 unspecified atom stereocenters. The maximum Gasteiger partial charge on any atom is 0.255 e. The molecule has 4 aromatic rings. The third-order valence-corrected chi connectivity index (χ3v) is 4.56. The summed E-state index contributed by atoms with van der Waals surface area (Å²) in [5.74, 6) is 0.428. The van der Waals surface area contributed by atoms with Gasteiger partial charge in [-0.15, -0.1) is 0 Å². The molecule has 0 bridgehead atoms. The van der Waals surface area contributed by atoms with Crippen LogP contribution < -0.4 is 10.6 Å². The monoisotopic (exact) mass is 368 g/mol. The van der Waals surface area contributed by atoms with E-state index in [0.717, 1.165) is 23.0 Å². The van der Waals surface area contributed by atoms with Crippen molar-refractivity contribution < 1.29 is 4.79 Å². The van der Waals surface area contributed by atoms with Crippen LogP contribution in [0.25, 0.3) is 10.9 Å². The number of carbonyl (C=O) groups is 1. The molecule has 28 heavy (non-hydrogen) atoms. The summed E-state index contributed by atoms with van der Waals surface area (Å²) in [7, 11) is 0. The van der Waals surface area contributed by atoms with Crippen LogP contribution in [0.4, 0.5) is 17.2 Å². The molecule has 0 spiro atoms. The molecule has 0 aliphatic rings. The van der Waals surface area contributed by atoms with E-state index >= 15 is 0 Å². The highest BCUT2D eigenvalue weighted by molar-refractivity contribution is 6.08. The Morgan fingerprint density at radius 2 is 1.71 bits per heavy atom. The van der Waals surface area contributed by atoms with Crippen molar-refractivity contribution in [2.45, 2.75) is 13.3 Å². The number of amides is 1. The number of hydrogen-bond acceptors (Lipinski definition) is 4. The van der Waals surface area contributed by atoms with Gasteiger partial charge in [-0.05, 0) is 42.3 Å². The molecule has 5 heteroatoms. The van der Waals surface area contributed by atoms with Gasteiger partial charge in [-0.25, -0.2) is 4.98 Å². The molecule has 0 fully saturated rings. The van der Waals surface area contributed by atoms with Crippen molar-refractivity contribution >= 4 is 34.0 Å². The minimum absolute atomic E-state index is 0.202. The van der Waals surface area contributed by atoms with Crippen LogP contribution in [0.2, 0.25) is 0 Å². The number of anilines is 3. The van der Waals surface area contributed by atoms with Crippen LogP contribution in [0.1, 0.15) is 22.8 Å². The van der Waals surface area contributed by atoms with Crippen LogP contribution in [0.3, 0.4) is 0 Å². The van der Waals surface area contributed by atoms with Gasteiger partial charge in [0.15, 0.2) is 0 Å². The van der Waals surface area contributed by atoms with Crippen LogP contribution in [-0.2, 0) is 6.42 Å². The highest BCUT2D eigenvalue weighted by atomic mass is 16.1. The number of fused-ring (bicyclic) bond motifs is 1. The predicted molar refractivity (Wildman–Crippen MR) is 113 cm³/mol. The van der Waals surface area contributed by atoms with Gasteiger partial charge in [-0.1, -0.05) is 43.3 Å². The molecule has 5 nitrogen and oxygen atoms in total. The lowest BCUT2D eigenvalue weighted by molar-refractivity contribution is 0.102. The van der Waals surface area contributed by atoms with Crippen molar-refractivity contribution in [3.63, 3.8) is 0 Å².